The first-order valence-electron chi connectivity index (χ1n) is 6.49. The summed E-state index contributed by atoms with van der Waals surface area (Å²) in [5, 5.41) is 11.3. The van der Waals surface area contributed by atoms with Crippen LogP contribution in [0.25, 0.3) is 0 Å². The molecule has 108 valence electrons. The Kier molecular flexibility index (Phi) is 4.57. The predicted molar refractivity (Wildman–Crippen MR) is 74.8 cm³/mol. The third-order valence-corrected chi connectivity index (χ3v) is 3.97. The molecule has 2 rings (SSSR count). The minimum atomic E-state index is -0.414. The van der Waals surface area contributed by atoms with Crippen LogP contribution < -0.4 is 4.90 Å². The topological polar surface area (TPSA) is 67.9 Å². The third kappa shape index (κ3) is 3.46. The first-order valence-corrected chi connectivity index (χ1v) is 6.87. The summed E-state index contributed by atoms with van der Waals surface area (Å²) in [5.74, 6) is 0.0948. The smallest absolute Gasteiger partial charge is 0.270 e. The minimum Gasteiger partial charge on any atom is -0.332 e. The molecule has 1 saturated heterocycles. The molecule has 0 radical (unpaired) electrons. The average molecular weight is 299 g/mol. The molecule has 1 heterocycles. The molecule has 1 fully saturated rings. The lowest BCUT2D eigenvalue weighted by Gasteiger charge is -2.31. The van der Waals surface area contributed by atoms with Crippen molar-refractivity contribution in [3.63, 3.8) is 0 Å². The van der Waals surface area contributed by atoms with Crippen LogP contribution in [-0.4, -0.2) is 41.9 Å². The van der Waals surface area contributed by atoms with Gasteiger partial charge in [0.05, 0.1) is 31.1 Å². The number of piperazine rings is 1. The summed E-state index contributed by atoms with van der Waals surface area (Å²) in [6.45, 7) is 5.32. The van der Waals surface area contributed by atoms with Crippen molar-refractivity contribution in [3.8, 4) is 0 Å². The van der Waals surface area contributed by atoms with Gasteiger partial charge in [-0.1, -0.05) is 11.6 Å². The molecular formula is C13H17ClN3O3+. The first-order chi connectivity index (χ1) is 9.47. The van der Waals surface area contributed by atoms with Gasteiger partial charge in [0.2, 0.25) is 5.91 Å². The van der Waals surface area contributed by atoms with Crippen LogP contribution in [0.3, 0.4) is 0 Å². The van der Waals surface area contributed by atoms with Gasteiger partial charge in [-0.3, -0.25) is 14.9 Å². The lowest BCUT2D eigenvalue weighted by Crippen LogP contribution is -3.13. The van der Waals surface area contributed by atoms with Gasteiger partial charge in [-0.15, -0.1) is 0 Å². The highest BCUT2D eigenvalue weighted by atomic mass is 35.5. The normalized spacial score (nSPS) is 16.2. The van der Waals surface area contributed by atoms with Gasteiger partial charge in [-0.2, -0.15) is 0 Å². The summed E-state index contributed by atoms with van der Waals surface area (Å²) in [6.07, 6.45) is 0. The number of nitrogens with zero attached hydrogens (tertiary/aromatic N) is 2. The molecular weight excluding hydrogens is 282 g/mol. The molecule has 0 aromatic heterocycles. The molecule has 7 heteroatoms. The van der Waals surface area contributed by atoms with E-state index < -0.39 is 4.92 Å². The Bertz CT molecular complexity index is 528. The minimum absolute atomic E-state index is 0.0613. The van der Waals surface area contributed by atoms with E-state index in [0.29, 0.717) is 11.6 Å². The number of nitro benzene ring substituents is 1. The van der Waals surface area contributed by atoms with E-state index in [1.54, 1.807) is 13.0 Å². The molecule has 1 aliphatic heterocycles. The summed E-state index contributed by atoms with van der Waals surface area (Å²) in [4.78, 5) is 24.7. The molecule has 0 atom stereocenters. The quantitative estimate of drug-likeness (QED) is 0.652. The van der Waals surface area contributed by atoms with Crippen LogP contribution >= 0.6 is 11.6 Å². The number of benzene rings is 1. The van der Waals surface area contributed by atoms with Gasteiger partial charge in [-0.25, -0.2) is 0 Å². The highest BCUT2D eigenvalue weighted by molar-refractivity contribution is 6.31. The van der Waals surface area contributed by atoms with Crippen molar-refractivity contribution in [1.82, 2.24) is 4.90 Å². The van der Waals surface area contributed by atoms with Crippen molar-refractivity contribution in [2.45, 2.75) is 13.5 Å². The standard InChI is InChI=1S/C13H16ClN3O3/c1-10(18)16-6-4-15(5-7-16)9-11-8-12(17(19)20)2-3-13(11)14/h2-3,8H,4-7,9H2,1H3/p+1. The maximum absolute atomic E-state index is 11.3. The second kappa shape index (κ2) is 6.19. The second-order valence-corrected chi connectivity index (χ2v) is 5.37. The fraction of sp³-hybridized carbons (Fsp3) is 0.462. The van der Waals surface area contributed by atoms with E-state index in [0.717, 1.165) is 31.7 Å². The summed E-state index contributed by atoms with van der Waals surface area (Å²) in [7, 11) is 0. The maximum Gasteiger partial charge on any atom is 0.270 e. The van der Waals surface area contributed by atoms with Crippen molar-refractivity contribution < 1.29 is 14.6 Å². The number of quaternary nitrogens is 1. The number of rotatable bonds is 3. The number of non-ortho nitro benzene ring substituents is 1. The van der Waals surface area contributed by atoms with Crippen LogP contribution in [0.1, 0.15) is 12.5 Å². The Balaban J connectivity index is 2.02. The van der Waals surface area contributed by atoms with E-state index in [4.69, 9.17) is 11.6 Å². The number of nitrogens with one attached hydrogen (secondary N) is 1. The zero-order chi connectivity index (χ0) is 14.7. The number of hydrogen-bond donors (Lipinski definition) is 1. The van der Waals surface area contributed by atoms with Gasteiger partial charge < -0.3 is 9.80 Å². The van der Waals surface area contributed by atoms with Crippen molar-refractivity contribution in [1.29, 1.82) is 0 Å². The van der Waals surface area contributed by atoms with Crippen LogP contribution in [0, 0.1) is 10.1 Å². The zero-order valence-corrected chi connectivity index (χ0v) is 12.0. The second-order valence-electron chi connectivity index (χ2n) is 4.97. The van der Waals surface area contributed by atoms with Crippen LogP contribution in [0.2, 0.25) is 5.02 Å². The van der Waals surface area contributed by atoms with Gasteiger partial charge in [0.1, 0.15) is 6.54 Å². The molecule has 1 amide bonds. The third-order valence-electron chi connectivity index (χ3n) is 3.60. The maximum atomic E-state index is 11.3. The fourth-order valence-corrected chi connectivity index (χ4v) is 2.58. The van der Waals surface area contributed by atoms with Crippen LogP contribution in [0.4, 0.5) is 5.69 Å². The largest absolute Gasteiger partial charge is 0.332 e. The van der Waals surface area contributed by atoms with E-state index in [-0.39, 0.29) is 11.6 Å². The lowest BCUT2D eigenvalue weighted by atomic mass is 10.1. The molecule has 0 unspecified atom stereocenters. The van der Waals surface area contributed by atoms with Crippen LogP contribution in [0.5, 0.6) is 0 Å². The molecule has 1 aromatic rings. The van der Waals surface area contributed by atoms with E-state index in [2.05, 4.69) is 0 Å². The SMILES string of the molecule is CC(=O)N1CC[NH+](Cc2cc([N+](=O)[O-])ccc2Cl)CC1. The van der Waals surface area contributed by atoms with E-state index in [1.165, 1.54) is 17.0 Å². The van der Waals surface area contributed by atoms with E-state index >= 15 is 0 Å². The van der Waals surface area contributed by atoms with Gasteiger partial charge in [0, 0.05) is 29.6 Å². The molecule has 0 bridgehead atoms. The van der Waals surface area contributed by atoms with Gasteiger partial charge in [0.15, 0.2) is 0 Å². The number of carbonyl (C=O) groups is 1. The Morgan fingerprint density at radius 3 is 2.65 bits per heavy atom. The van der Waals surface area contributed by atoms with Crippen molar-refractivity contribution in [2.75, 3.05) is 26.2 Å². The fourth-order valence-electron chi connectivity index (χ4n) is 2.39. The van der Waals surface area contributed by atoms with Gasteiger partial charge >= 0.3 is 0 Å². The monoisotopic (exact) mass is 298 g/mol. The number of amides is 1. The highest BCUT2D eigenvalue weighted by Gasteiger charge is 2.23. The molecule has 0 aliphatic carbocycles. The molecule has 6 nitrogen and oxygen atoms in total. The van der Waals surface area contributed by atoms with E-state index in [9.17, 15) is 14.9 Å². The average Bonchev–Trinajstić information content (AvgIpc) is 2.41. The molecule has 20 heavy (non-hydrogen) atoms. The van der Waals surface area contributed by atoms with Crippen molar-refractivity contribution >= 4 is 23.2 Å². The Labute approximate surface area is 122 Å². The van der Waals surface area contributed by atoms with Gasteiger partial charge in [-0.05, 0) is 6.07 Å². The number of nitro groups is 1. The Morgan fingerprint density at radius 2 is 2.10 bits per heavy atom. The Morgan fingerprint density at radius 1 is 1.45 bits per heavy atom. The summed E-state index contributed by atoms with van der Waals surface area (Å²) in [6, 6.07) is 4.52. The van der Waals surface area contributed by atoms with Crippen molar-refractivity contribution in [3.05, 3.63) is 38.9 Å². The molecule has 1 N–H and O–H groups in total. The van der Waals surface area contributed by atoms with Crippen LogP contribution in [0.15, 0.2) is 18.2 Å². The highest BCUT2D eigenvalue weighted by Crippen LogP contribution is 2.21. The summed E-state index contributed by atoms with van der Waals surface area (Å²) < 4.78 is 0. The van der Waals surface area contributed by atoms with E-state index in [1.807, 2.05) is 4.90 Å². The number of carbonyl (C=O) groups excluding carboxylic acids is 1. The van der Waals surface area contributed by atoms with Crippen LogP contribution in [-0.2, 0) is 11.3 Å². The molecule has 0 spiro atoms. The van der Waals surface area contributed by atoms with Crippen molar-refractivity contribution in [2.24, 2.45) is 0 Å². The summed E-state index contributed by atoms with van der Waals surface area (Å²) in [5.41, 5.74) is 0.846. The first kappa shape index (κ1) is 14.7. The zero-order valence-electron chi connectivity index (χ0n) is 11.3. The lowest BCUT2D eigenvalue weighted by molar-refractivity contribution is -0.917. The molecule has 1 aromatic carbocycles. The number of halogens is 1. The molecule has 1 aliphatic rings. The number of hydrogen-bond acceptors (Lipinski definition) is 3. The summed E-state index contributed by atoms with van der Waals surface area (Å²) >= 11 is 6.10. The molecule has 0 saturated carbocycles. The predicted octanol–water partition coefficient (Wildman–Crippen LogP) is 0.495. The Hall–Kier alpha value is -1.66. The van der Waals surface area contributed by atoms with Gasteiger partial charge in [0.25, 0.3) is 5.69 Å².